The highest BCUT2D eigenvalue weighted by atomic mass is 19.1. The van der Waals surface area contributed by atoms with E-state index in [0.29, 0.717) is 65.4 Å². The molecule has 0 radical (unpaired) electrons. The van der Waals surface area contributed by atoms with Crippen molar-refractivity contribution in [2.24, 2.45) is 0 Å². The van der Waals surface area contributed by atoms with Crippen LogP contribution in [0.2, 0.25) is 0 Å². The largest absolute Gasteiger partial charge is 0.397 e. The Balaban J connectivity index is 0.000000241. The van der Waals surface area contributed by atoms with E-state index in [1.165, 1.54) is 18.2 Å². The molecular weight excluding hydrogens is 539 g/mol. The summed E-state index contributed by atoms with van der Waals surface area (Å²) in [4.78, 5) is 49.1. The zero-order valence-electron chi connectivity index (χ0n) is 24.0. The van der Waals surface area contributed by atoms with Crippen molar-refractivity contribution in [3.63, 3.8) is 0 Å². The number of halogens is 1. The SMILES string of the molecule is CCNC(=O)c1c(C)[nH]c(/C=C2\C(=O)Nc3ccc(F)cc32)c1C.Nc1ccccc1NC(=O)CCCCCNC=O. The van der Waals surface area contributed by atoms with Crippen molar-refractivity contribution in [1.82, 2.24) is 15.6 Å². The number of carbonyl (C=O) groups is 4. The van der Waals surface area contributed by atoms with E-state index >= 15 is 0 Å². The molecule has 1 aliphatic heterocycles. The highest BCUT2D eigenvalue weighted by Gasteiger charge is 2.26. The fourth-order valence-corrected chi connectivity index (χ4v) is 4.53. The average Bonchev–Trinajstić information content (AvgIpc) is 3.41. The fourth-order valence-electron chi connectivity index (χ4n) is 4.53. The minimum atomic E-state index is -0.404. The van der Waals surface area contributed by atoms with Gasteiger partial charge in [-0.2, -0.15) is 0 Å². The van der Waals surface area contributed by atoms with Gasteiger partial charge in [-0.3, -0.25) is 19.2 Å². The number of unbranched alkanes of at least 4 members (excludes halogenated alkanes) is 2. The number of para-hydroxylation sites is 2. The van der Waals surface area contributed by atoms with E-state index < -0.39 is 5.82 Å². The maximum absolute atomic E-state index is 13.5. The van der Waals surface area contributed by atoms with Crippen molar-refractivity contribution in [2.45, 2.75) is 46.5 Å². The number of nitrogens with one attached hydrogen (secondary N) is 5. The lowest BCUT2D eigenvalue weighted by atomic mass is 10.0. The topological polar surface area (TPSA) is 158 Å². The van der Waals surface area contributed by atoms with Gasteiger partial charge in [-0.15, -0.1) is 0 Å². The van der Waals surface area contributed by atoms with E-state index in [1.807, 2.05) is 32.9 Å². The van der Waals surface area contributed by atoms with Crippen molar-refractivity contribution >= 4 is 52.8 Å². The Morgan fingerprint density at radius 3 is 2.55 bits per heavy atom. The molecule has 0 bridgehead atoms. The van der Waals surface area contributed by atoms with E-state index in [0.717, 1.165) is 30.5 Å². The molecule has 0 unspecified atom stereocenters. The smallest absolute Gasteiger partial charge is 0.256 e. The van der Waals surface area contributed by atoms with Crippen molar-refractivity contribution < 1.29 is 23.6 Å². The molecule has 2 heterocycles. The van der Waals surface area contributed by atoms with E-state index in [-0.39, 0.29) is 17.7 Å². The van der Waals surface area contributed by atoms with Gasteiger partial charge in [0.25, 0.3) is 11.8 Å². The molecule has 0 spiro atoms. The molecule has 222 valence electrons. The minimum absolute atomic E-state index is 0.0313. The Bertz CT molecular complexity index is 1480. The van der Waals surface area contributed by atoms with Gasteiger partial charge in [-0.1, -0.05) is 18.6 Å². The summed E-state index contributed by atoms with van der Waals surface area (Å²) in [6.45, 7) is 6.68. The lowest BCUT2D eigenvalue weighted by Gasteiger charge is -2.07. The Hall–Kier alpha value is -4.93. The second-order valence-electron chi connectivity index (χ2n) is 9.74. The summed E-state index contributed by atoms with van der Waals surface area (Å²) in [5, 5.41) is 10.8. The van der Waals surface area contributed by atoms with Crippen LogP contribution in [0.25, 0.3) is 11.6 Å². The first kappa shape index (κ1) is 31.6. The van der Waals surface area contributed by atoms with E-state index in [1.54, 1.807) is 18.2 Å². The molecule has 0 saturated carbocycles. The van der Waals surface area contributed by atoms with Gasteiger partial charge in [0.1, 0.15) is 5.82 Å². The molecule has 11 heteroatoms. The maximum atomic E-state index is 13.5. The lowest BCUT2D eigenvalue weighted by Crippen LogP contribution is -2.23. The van der Waals surface area contributed by atoms with Crippen molar-refractivity contribution in [2.75, 3.05) is 29.5 Å². The molecule has 0 fully saturated rings. The highest BCUT2D eigenvalue weighted by molar-refractivity contribution is 6.34. The van der Waals surface area contributed by atoms with Crippen LogP contribution in [0.4, 0.5) is 21.5 Å². The van der Waals surface area contributed by atoms with Crippen LogP contribution in [0.1, 0.15) is 65.5 Å². The van der Waals surface area contributed by atoms with Crippen molar-refractivity contribution in [1.29, 1.82) is 0 Å². The van der Waals surface area contributed by atoms with Crippen LogP contribution >= 0.6 is 0 Å². The number of carbonyl (C=O) groups excluding carboxylic acids is 4. The second kappa shape index (κ2) is 15.2. The van der Waals surface area contributed by atoms with Gasteiger partial charge in [0.2, 0.25) is 12.3 Å². The summed E-state index contributed by atoms with van der Waals surface area (Å²) in [6, 6.07) is 11.4. The third-order valence-electron chi connectivity index (χ3n) is 6.64. The van der Waals surface area contributed by atoms with Gasteiger partial charge in [-0.25, -0.2) is 4.39 Å². The number of hydrogen-bond donors (Lipinski definition) is 6. The molecule has 4 amide bonds. The number of rotatable bonds is 11. The van der Waals surface area contributed by atoms with Gasteiger partial charge in [0.05, 0.1) is 22.5 Å². The van der Waals surface area contributed by atoms with Crippen molar-refractivity contribution in [3.05, 3.63) is 76.4 Å². The Morgan fingerprint density at radius 1 is 1.07 bits per heavy atom. The maximum Gasteiger partial charge on any atom is 0.256 e. The second-order valence-corrected chi connectivity index (χ2v) is 9.74. The Labute approximate surface area is 244 Å². The number of anilines is 3. The van der Waals surface area contributed by atoms with Crippen LogP contribution in [0.5, 0.6) is 0 Å². The number of hydrogen-bond acceptors (Lipinski definition) is 5. The van der Waals surface area contributed by atoms with Crippen LogP contribution in [0.15, 0.2) is 42.5 Å². The summed E-state index contributed by atoms with van der Waals surface area (Å²) in [5.74, 6) is -0.882. The summed E-state index contributed by atoms with van der Waals surface area (Å²) < 4.78 is 13.5. The van der Waals surface area contributed by atoms with E-state index in [2.05, 4.69) is 26.3 Å². The first-order valence-electron chi connectivity index (χ1n) is 13.8. The summed E-state index contributed by atoms with van der Waals surface area (Å²) >= 11 is 0. The summed E-state index contributed by atoms with van der Waals surface area (Å²) in [5.41, 5.74) is 11.1. The summed E-state index contributed by atoms with van der Waals surface area (Å²) in [6.07, 6.45) is 5.42. The van der Waals surface area contributed by atoms with Gasteiger partial charge >= 0.3 is 0 Å². The van der Waals surface area contributed by atoms with Crippen molar-refractivity contribution in [3.8, 4) is 0 Å². The molecular formula is C31H37FN6O4. The third kappa shape index (κ3) is 8.29. The van der Waals surface area contributed by atoms with Gasteiger partial charge in [0.15, 0.2) is 0 Å². The minimum Gasteiger partial charge on any atom is -0.397 e. The molecule has 1 aliphatic rings. The molecule has 0 saturated heterocycles. The standard InChI is InChI=1S/C18H18FN3O2.C13H19N3O2/c1-4-20-18(24)16-9(2)15(21-10(16)3)8-13-12-7-11(19)5-6-14(12)22-17(13)23;14-11-6-3-4-7-12(11)16-13(18)8-2-1-5-9-15-10-17/h5-8,21H,4H2,1-3H3,(H,20,24)(H,22,23);3-4,6-7,10H,1-2,5,8-9,14H2,(H,15,17)(H,16,18)/b13-8-;. The van der Waals surface area contributed by atoms with Crippen LogP contribution in [-0.2, 0) is 14.4 Å². The molecule has 1 aromatic heterocycles. The molecule has 3 aromatic rings. The Kier molecular flexibility index (Phi) is 11.4. The number of aromatic amines is 1. The van der Waals surface area contributed by atoms with E-state index in [4.69, 9.17) is 5.73 Å². The lowest BCUT2D eigenvalue weighted by molar-refractivity contribution is -0.116. The van der Waals surface area contributed by atoms with Gasteiger partial charge in [-0.05, 0) is 75.6 Å². The monoisotopic (exact) mass is 576 g/mol. The molecule has 10 nitrogen and oxygen atoms in total. The number of H-pyrrole nitrogens is 1. The number of aryl methyl sites for hydroxylation is 1. The molecule has 2 aromatic carbocycles. The number of nitrogens with two attached hydrogens (primary N) is 1. The molecule has 42 heavy (non-hydrogen) atoms. The number of nitrogen functional groups attached to an aromatic ring is 1. The average molecular weight is 577 g/mol. The first-order chi connectivity index (χ1) is 20.2. The molecule has 7 N–H and O–H groups in total. The predicted molar refractivity (Wildman–Crippen MR) is 163 cm³/mol. The van der Waals surface area contributed by atoms with Gasteiger partial charge in [0, 0.05) is 42.1 Å². The number of aromatic nitrogens is 1. The third-order valence-corrected chi connectivity index (χ3v) is 6.64. The highest BCUT2D eigenvalue weighted by Crippen LogP contribution is 2.34. The number of fused-ring (bicyclic) bond motifs is 1. The van der Waals surface area contributed by atoms with Crippen LogP contribution in [-0.4, -0.2) is 42.2 Å². The number of amides is 4. The van der Waals surface area contributed by atoms with Crippen LogP contribution < -0.4 is 27.0 Å². The molecule has 0 aliphatic carbocycles. The first-order valence-corrected chi connectivity index (χ1v) is 13.8. The zero-order valence-corrected chi connectivity index (χ0v) is 24.0. The fraction of sp³-hybridized carbons (Fsp3) is 0.290. The molecule has 4 rings (SSSR count). The van der Waals surface area contributed by atoms with Crippen LogP contribution in [0, 0.1) is 19.7 Å². The van der Waals surface area contributed by atoms with E-state index in [9.17, 15) is 23.6 Å². The summed E-state index contributed by atoms with van der Waals surface area (Å²) in [7, 11) is 0. The van der Waals surface area contributed by atoms with Gasteiger partial charge < -0.3 is 32.0 Å². The quantitative estimate of drug-likeness (QED) is 0.0856. The molecule has 0 atom stereocenters. The zero-order chi connectivity index (χ0) is 30.6. The predicted octanol–water partition coefficient (Wildman–Crippen LogP) is 4.53. The van der Waals surface area contributed by atoms with Crippen LogP contribution in [0.3, 0.4) is 0 Å². The Morgan fingerprint density at radius 2 is 1.83 bits per heavy atom. The number of benzene rings is 2. The normalized spacial score (nSPS) is 12.6.